The molecular weight excluding hydrogens is 461 g/mol. The molecule has 1 amide bonds. The van der Waals surface area contributed by atoms with Crippen molar-refractivity contribution in [1.29, 1.82) is 0 Å². The molecule has 4 rings (SSSR count). The van der Waals surface area contributed by atoms with Crippen LogP contribution in [0.15, 0.2) is 58.1 Å². The third-order valence-corrected chi connectivity index (χ3v) is 5.54. The van der Waals surface area contributed by atoms with Crippen LogP contribution >= 0.6 is 11.6 Å². The van der Waals surface area contributed by atoms with E-state index in [9.17, 15) is 27.6 Å². The van der Waals surface area contributed by atoms with Crippen molar-refractivity contribution in [3.05, 3.63) is 91.2 Å². The number of aromatic nitrogens is 3. The highest BCUT2D eigenvalue weighted by atomic mass is 35.5. The van der Waals surface area contributed by atoms with E-state index >= 15 is 0 Å². The predicted molar refractivity (Wildman–Crippen MR) is 115 cm³/mol. The van der Waals surface area contributed by atoms with E-state index in [0.717, 1.165) is 29.7 Å². The molecule has 3 aromatic rings. The van der Waals surface area contributed by atoms with Crippen molar-refractivity contribution in [1.82, 2.24) is 19.2 Å². The lowest BCUT2D eigenvalue weighted by molar-refractivity contribution is -0.137. The van der Waals surface area contributed by atoms with Crippen LogP contribution in [0.5, 0.6) is 0 Å². The topological polar surface area (TPSA) is 77.2 Å². The number of likely N-dealkylation sites (tertiary alicyclic amines) is 1. The van der Waals surface area contributed by atoms with Gasteiger partial charge in [0.1, 0.15) is 0 Å². The number of carbonyl (C=O) groups is 1. The summed E-state index contributed by atoms with van der Waals surface area (Å²) in [5.41, 5.74) is -2.98. The second kappa shape index (κ2) is 8.86. The van der Waals surface area contributed by atoms with E-state index < -0.39 is 41.1 Å². The number of halogens is 4. The molecule has 7 nitrogen and oxygen atoms in total. The summed E-state index contributed by atoms with van der Waals surface area (Å²) >= 11 is 6.02. The van der Waals surface area contributed by atoms with Crippen molar-refractivity contribution in [3.63, 3.8) is 0 Å². The first-order chi connectivity index (χ1) is 15.6. The number of hydrogen-bond acceptors (Lipinski definition) is 4. The van der Waals surface area contributed by atoms with E-state index in [-0.39, 0.29) is 11.3 Å². The molecule has 0 aliphatic carbocycles. The molecule has 1 aliphatic rings. The molecular formula is C22H18ClF3N4O3. The number of amides is 1. The van der Waals surface area contributed by atoms with Crippen LogP contribution in [-0.4, -0.2) is 38.2 Å². The molecule has 1 aromatic heterocycles. The first kappa shape index (κ1) is 22.8. The van der Waals surface area contributed by atoms with E-state index in [1.54, 1.807) is 12.1 Å². The molecule has 0 saturated carbocycles. The number of benzene rings is 2. The fourth-order valence-corrected chi connectivity index (χ4v) is 3.85. The van der Waals surface area contributed by atoms with Crippen molar-refractivity contribution < 1.29 is 18.0 Å². The van der Waals surface area contributed by atoms with E-state index in [2.05, 4.69) is 5.10 Å². The highest BCUT2D eigenvalue weighted by Gasteiger charge is 2.31. The molecule has 1 fully saturated rings. The van der Waals surface area contributed by atoms with Gasteiger partial charge in [-0.1, -0.05) is 29.8 Å². The highest BCUT2D eigenvalue weighted by molar-refractivity contribution is 6.30. The zero-order valence-corrected chi connectivity index (χ0v) is 17.9. The molecule has 0 N–H and O–H groups in total. The second-order valence-corrected chi connectivity index (χ2v) is 8.05. The molecule has 1 aliphatic heterocycles. The number of nitrogens with zero attached hydrogens (tertiary/aromatic N) is 4. The van der Waals surface area contributed by atoms with Crippen LogP contribution in [0.3, 0.4) is 0 Å². The molecule has 0 radical (unpaired) electrons. The number of carbonyl (C=O) groups excluding carboxylic acids is 1. The normalized spacial score (nSPS) is 14.0. The fraction of sp³-hybridized carbons (Fsp3) is 0.273. The monoisotopic (exact) mass is 478 g/mol. The Morgan fingerprint density at radius 1 is 1.03 bits per heavy atom. The summed E-state index contributed by atoms with van der Waals surface area (Å²) in [5.74, 6) is -0.633. The van der Waals surface area contributed by atoms with Crippen molar-refractivity contribution in [2.24, 2.45) is 0 Å². The van der Waals surface area contributed by atoms with Crippen LogP contribution in [0, 0.1) is 0 Å². The standard InChI is InChI=1S/C22H18ClF3N4O3/c23-16-7-4-8-17(12-16)30-21(33)29(13-14-5-3-6-15(11-14)22(24,25)26)20(32)18(27-30)19(31)28-9-1-2-10-28/h3-8,11-12H,1-2,9-10,13H2. The summed E-state index contributed by atoms with van der Waals surface area (Å²) in [6.07, 6.45) is -3.03. The lowest BCUT2D eigenvalue weighted by Crippen LogP contribution is -2.46. The molecule has 1 saturated heterocycles. The maximum atomic E-state index is 13.2. The summed E-state index contributed by atoms with van der Waals surface area (Å²) in [6, 6.07) is 10.4. The zero-order valence-electron chi connectivity index (χ0n) is 17.2. The minimum absolute atomic E-state index is 0.0763. The average molecular weight is 479 g/mol. The van der Waals surface area contributed by atoms with E-state index in [1.165, 1.54) is 29.2 Å². The fourth-order valence-electron chi connectivity index (χ4n) is 3.66. The summed E-state index contributed by atoms with van der Waals surface area (Å²) in [4.78, 5) is 40.7. The first-order valence-corrected chi connectivity index (χ1v) is 10.5. The van der Waals surface area contributed by atoms with Gasteiger partial charge in [-0.3, -0.25) is 14.2 Å². The minimum Gasteiger partial charge on any atom is -0.337 e. The Hall–Kier alpha value is -3.40. The van der Waals surface area contributed by atoms with Gasteiger partial charge in [-0.15, -0.1) is 0 Å². The van der Waals surface area contributed by atoms with E-state index in [4.69, 9.17) is 11.6 Å². The Balaban J connectivity index is 1.88. The van der Waals surface area contributed by atoms with E-state index in [0.29, 0.717) is 22.7 Å². The number of alkyl halides is 3. The molecule has 0 spiro atoms. The molecule has 33 heavy (non-hydrogen) atoms. The average Bonchev–Trinajstić information content (AvgIpc) is 3.31. The Kier molecular flexibility index (Phi) is 6.11. The lowest BCUT2D eigenvalue weighted by Gasteiger charge is -2.17. The Labute approximate surface area is 190 Å². The second-order valence-electron chi connectivity index (χ2n) is 7.61. The van der Waals surface area contributed by atoms with Crippen LogP contribution in [0.4, 0.5) is 13.2 Å². The molecule has 0 unspecified atom stereocenters. The van der Waals surface area contributed by atoms with Gasteiger partial charge in [-0.05, 0) is 48.7 Å². The molecule has 2 heterocycles. The van der Waals surface area contributed by atoms with Crippen molar-refractivity contribution in [2.45, 2.75) is 25.6 Å². The van der Waals surface area contributed by atoms with Gasteiger partial charge in [0.25, 0.3) is 11.5 Å². The van der Waals surface area contributed by atoms with Crippen molar-refractivity contribution in [3.8, 4) is 5.69 Å². The van der Waals surface area contributed by atoms with Gasteiger partial charge in [0.05, 0.1) is 17.8 Å². The number of hydrogen-bond donors (Lipinski definition) is 0. The Morgan fingerprint density at radius 3 is 2.39 bits per heavy atom. The maximum absolute atomic E-state index is 13.2. The third kappa shape index (κ3) is 4.70. The van der Waals surface area contributed by atoms with Gasteiger partial charge in [-0.25, -0.2) is 4.79 Å². The molecule has 172 valence electrons. The quantitative estimate of drug-likeness (QED) is 0.576. The Bertz CT molecular complexity index is 1330. The first-order valence-electron chi connectivity index (χ1n) is 10.1. The van der Waals surface area contributed by atoms with Gasteiger partial charge in [0.2, 0.25) is 5.69 Å². The largest absolute Gasteiger partial charge is 0.416 e. The highest BCUT2D eigenvalue weighted by Crippen LogP contribution is 2.29. The van der Waals surface area contributed by atoms with Gasteiger partial charge in [-0.2, -0.15) is 23.0 Å². The zero-order chi connectivity index (χ0) is 23.8. The SMILES string of the molecule is O=C(c1nn(-c2cccc(Cl)c2)c(=O)n(Cc2cccc(C(F)(F)F)c2)c1=O)N1CCCC1. The summed E-state index contributed by atoms with van der Waals surface area (Å²) in [6.45, 7) is 0.429. The van der Waals surface area contributed by atoms with Gasteiger partial charge in [0, 0.05) is 18.1 Å². The van der Waals surface area contributed by atoms with E-state index in [1.807, 2.05) is 0 Å². The van der Waals surface area contributed by atoms with Crippen molar-refractivity contribution in [2.75, 3.05) is 13.1 Å². The van der Waals surface area contributed by atoms with Gasteiger partial charge >= 0.3 is 11.9 Å². The lowest BCUT2D eigenvalue weighted by atomic mass is 10.1. The Morgan fingerprint density at radius 2 is 1.73 bits per heavy atom. The smallest absolute Gasteiger partial charge is 0.337 e. The third-order valence-electron chi connectivity index (χ3n) is 5.30. The summed E-state index contributed by atoms with van der Waals surface area (Å²) in [5, 5.41) is 4.32. The number of rotatable bonds is 4. The molecule has 11 heteroatoms. The van der Waals surface area contributed by atoms with Crippen LogP contribution < -0.4 is 11.2 Å². The van der Waals surface area contributed by atoms with Crippen LogP contribution in [0.2, 0.25) is 5.02 Å². The molecule has 2 aromatic carbocycles. The van der Waals surface area contributed by atoms with Crippen LogP contribution in [0.1, 0.15) is 34.5 Å². The summed E-state index contributed by atoms with van der Waals surface area (Å²) < 4.78 is 41.0. The minimum atomic E-state index is -4.59. The maximum Gasteiger partial charge on any atom is 0.416 e. The summed E-state index contributed by atoms with van der Waals surface area (Å²) in [7, 11) is 0. The van der Waals surface area contributed by atoms with Gasteiger partial charge < -0.3 is 4.90 Å². The molecule has 0 bridgehead atoms. The van der Waals surface area contributed by atoms with Gasteiger partial charge in [0.15, 0.2) is 0 Å². The predicted octanol–water partition coefficient (Wildman–Crippen LogP) is 3.35. The van der Waals surface area contributed by atoms with Crippen LogP contribution in [-0.2, 0) is 12.7 Å². The molecule has 0 atom stereocenters. The van der Waals surface area contributed by atoms with Crippen LogP contribution in [0.25, 0.3) is 5.69 Å². The van der Waals surface area contributed by atoms with Crippen molar-refractivity contribution >= 4 is 17.5 Å².